The standard InChI is InChI=1S/C19H18O4S2/c1-21-16-11-13(19-24-8-9-25-19)6-7-15(16)23-18(20)17-10-12-4-2-3-5-14(12)22-17/h2-7,11,17,19H,8-10H2,1H3/t17-/m0/s1. The normalized spacial score (nSPS) is 19.3. The Hall–Kier alpha value is -1.79. The lowest BCUT2D eigenvalue weighted by Gasteiger charge is -2.15. The van der Waals surface area contributed by atoms with E-state index in [0.717, 1.165) is 22.8 Å². The molecule has 2 aliphatic heterocycles. The number of ether oxygens (including phenoxy) is 3. The van der Waals surface area contributed by atoms with Crippen LogP contribution in [0.2, 0.25) is 0 Å². The minimum absolute atomic E-state index is 0.396. The maximum absolute atomic E-state index is 12.5. The predicted octanol–water partition coefficient (Wildman–Crippen LogP) is 4.08. The van der Waals surface area contributed by atoms with Crippen molar-refractivity contribution in [3.05, 3.63) is 53.6 Å². The minimum atomic E-state index is -0.609. The van der Waals surface area contributed by atoms with Gasteiger partial charge in [-0.25, -0.2) is 4.79 Å². The first-order chi connectivity index (χ1) is 12.2. The van der Waals surface area contributed by atoms with Crippen LogP contribution in [-0.4, -0.2) is 30.7 Å². The van der Waals surface area contributed by atoms with Crippen molar-refractivity contribution in [2.45, 2.75) is 17.1 Å². The Kier molecular flexibility index (Phi) is 4.81. The molecule has 0 N–H and O–H groups in total. The van der Waals surface area contributed by atoms with Crippen LogP contribution in [0.1, 0.15) is 15.7 Å². The van der Waals surface area contributed by atoms with Crippen LogP contribution in [0.4, 0.5) is 0 Å². The highest BCUT2D eigenvalue weighted by Crippen LogP contribution is 2.47. The molecule has 0 spiro atoms. The number of hydrogen-bond acceptors (Lipinski definition) is 6. The van der Waals surface area contributed by atoms with E-state index in [1.165, 1.54) is 5.56 Å². The molecule has 6 heteroatoms. The molecule has 2 aromatic carbocycles. The minimum Gasteiger partial charge on any atom is -0.493 e. The van der Waals surface area contributed by atoms with Gasteiger partial charge in [0.25, 0.3) is 0 Å². The average molecular weight is 374 g/mol. The fourth-order valence-corrected chi connectivity index (χ4v) is 5.79. The zero-order valence-corrected chi connectivity index (χ0v) is 15.4. The molecule has 0 aliphatic carbocycles. The maximum Gasteiger partial charge on any atom is 0.353 e. The lowest BCUT2D eigenvalue weighted by Crippen LogP contribution is -2.29. The molecule has 0 unspecified atom stereocenters. The van der Waals surface area contributed by atoms with Gasteiger partial charge in [-0.1, -0.05) is 24.3 Å². The number of methoxy groups -OCH3 is 1. The summed E-state index contributed by atoms with van der Waals surface area (Å²) in [6.45, 7) is 0. The number of fused-ring (bicyclic) bond motifs is 1. The van der Waals surface area contributed by atoms with E-state index in [2.05, 4.69) is 0 Å². The number of carbonyl (C=O) groups is 1. The third-order valence-corrected chi connectivity index (χ3v) is 7.31. The van der Waals surface area contributed by atoms with Gasteiger partial charge in [-0.15, -0.1) is 23.5 Å². The lowest BCUT2D eigenvalue weighted by atomic mass is 10.1. The highest BCUT2D eigenvalue weighted by Gasteiger charge is 2.31. The van der Waals surface area contributed by atoms with E-state index in [4.69, 9.17) is 14.2 Å². The van der Waals surface area contributed by atoms with Crippen molar-refractivity contribution in [2.75, 3.05) is 18.6 Å². The highest BCUT2D eigenvalue weighted by atomic mass is 32.2. The molecule has 0 radical (unpaired) electrons. The van der Waals surface area contributed by atoms with Gasteiger partial charge in [0, 0.05) is 17.9 Å². The van der Waals surface area contributed by atoms with Gasteiger partial charge < -0.3 is 14.2 Å². The van der Waals surface area contributed by atoms with Crippen LogP contribution in [0.25, 0.3) is 0 Å². The smallest absolute Gasteiger partial charge is 0.353 e. The third kappa shape index (κ3) is 3.46. The van der Waals surface area contributed by atoms with Crippen molar-refractivity contribution in [2.24, 2.45) is 0 Å². The Morgan fingerprint density at radius 1 is 1.12 bits per heavy atom. The molecule has 1 saturated heterocycles. The van der Waals surface area contributed by atoms with Crippen LogP contribution >= 0.6 is 23.5 Å². The molecule has 0 amide bonds. The largest absolute Gasteiger partial charge is 0.493 e. The number of carbonyl (C=O) groups excluding carboxylic acids is 1. The van der Waals surface area contributed by atoms with E-state index in [-0.39, 0.29) is 0 Å². The molecule has 25 heavy (non-hydrogen) atoms. The summed E-state index contributed by atoms with van der Waals surface area (Å²) >= 11 is 3.85. The molecule has 2 aromatic rings. The van der Waals surface area contributed by atoms with Gasteiger partial charge in [0.05, 0.1) is 11.7 Å². The van der Waals surface area contributed by atoms with Gasteiger partial charge >= 0.3 is 5.97 Å². The van der Waals surface area contributed by atoms with Gasteiger partial charge in [-0.3, -0.25) is 0 Å². The van der Waals surface area contributed by atoms with Crippen LogP contribution in [0.5, 0.6) is 17.2 Å². The summed E-state index contributed by atoms with van der Waals surface area (Å²) in [4.78, 5) is 12.5. The van der Waals surface area contributed by atoms with E-state index >= 15 is 0 Å². The van der Waals surface area contributed by atoms with Crippen LogP contribution in [0.3, 0.4) is 0 Å². The summed E-state index contributed by atoms with van der Waals surface area (Å²) in [7, 11) is 1.59. The molecule has 1 atom stereocenters. The van der Waals surface area contributed by atoms with Crippen LogP contribution in [0, 0.1) is 0 Å². The Bertz CT molecular complexity index is 762. The first kappa shape index (κ1) is 16.7. The summed E-state index contributed by atoms with van der Waals surface area (Å²) in [6, 6.07) is 13.5. The number of para-hydroxylation sites is 1. The van der Waals surface area contributed by atoms with E-state index in [9.17, 15) is 4.79 Å². The molecule has 0 aromatic heterocycles. The lowest BCUT2D eigenvalue weighted by molar-refractivity contribution is -0.141. The molecular formula is C19H18O4S2. The molecule has 1 fully saturated rings. The third-order valence-electron chi connectivity index (χ3n) is 4.20. The second-order valence-corrected chi connectivity index (χ2v) is 8.55. The molecule has 0 bridgehead atoms. The van der Waals surface area contributed by atoms with Crippen LogP contribution in [-0.2, 0) is 11.2 Å². The fourth-order valence-electron chi connectivity index (χ4n) is 2.95. The number of hydrogen-bond donors (Lipinski definition) is 0. The Balaban J connectivity index is 1.48. The monoisotopic (exact) mass is 374 g/mol. The van der Waals surface area contributed by atoms with Gasteiger partial charge in [0.15, 0.2) is 17.6 Å². The zero-order chi connectivity index (χ0) is 17.2. The molecule has 4 nitrogen and oxygen atoms in total. The van der Waals surface area contributed by atoms with Crippen LogP contribution < -0.4 is 14.2 Å². The fraction of sp³-hybridized carbons (Fsp3) is 0.316. The van der Waals surface area contributed by atoms with Crippen molar-refractivity contribution in [3.63, 3.8) is 0 Å². The second kappa shape index (κ2) is 7.22. The highest BCUT2D eigenvalue weighted by molar-refractivity contribution is 8.19. The number of benzene rings is 2. The maximum atomic E-state index is 12.5. The first-order valence-electron chi connectivity index (χ1n) is 8.12. The van der Waals surface area contributed by atoms with E-state index < -0.39 is 12.1 Å². The summed E-state index contributed by atoms with van der Waals surface area (Å²) in [6.07, 6.45) is -0.0761. The van der Waals surface area contributed by atoms with Crippen LogP contribution in [0.15, 0.2) is 42.5 Å². The second-order valence-electron chi connectivity index (χ2n) is 5.82. The quantitative estimate of drug-likeness (QED) is 0.593. The van der Waals surface area contributed by atoms with E-state index in [1.54, 1.807) is 7.11 Å². The predicted molar refractivity (Wildman–Crippen MR) is 101 cm³/mol. The number of thioether (sulfide) groups is 2. The summed E-state index contributed by atoms with van der Waals surface area (Å²) < 4.78 is 17.1. The van der Waals surface area contributed by atoms with Crippen molar-refractivity contribution in [1.82, 2.24) is 0 Å². The number of esters is 1. The van der Waals surface area contributed by atoms with Gasteiger partial charge in [0.2, 0.25) is 0 Å². The van der Waals surface area contributed by atoms with Gasteiger partial charge in [-0.05, 0) is 29.3 Å². The molecule has 2 aliphatic rings. The molecule has 4 rings (SSSR count). The molecule has 0 saturated carbocycles. The average Bonchev–Trinajstić information content (AvgIpc) is 3.31. The molecule has 130 valence electrons. The van der Waals surface area contributed by atoms with Gasteiger partial charge in [-0.2, -0.15) is 0 Å². The zero-order valence-electron chi connectivity index (χ0n) is 13.8. The first-order valence-corrected chi connectivity index (χ1v) is 10.2. The van der Waals surface area contributed by atoms with Gasteiger partial charge in [0.1, 0.15) is 5.75 Å². The Morgan fingerprint density at radius 2 is 1.92 bits per heavy atom. The van der Waals surface area contributed by atoms with Crippen molar-refractivity contribution >= 4 is 29.5 Å². The SMILES string of the molecule is COc1cc(C2SCCS2)ccc1OC(=O)[C@@H]1Cc2ccccc2O1. The van der Waals surface area contributed by atoms with Crippen molar-refractivity contribution in [1.29, 1.82) is 0 Å². The van der Waals surface area contributed by atoms with E-state index in [1.807, 2.05) is 66.0 Å². The van der Waals surface area contributed by atoms with Crippen molar-refractivity contribution < 1.29 is 19.0 Å². The molecular weight excluding hydrogens is 356 g/mol. The van der Waals surface area contributed by atoms with Crippen molar-refractivity contribution in [3.8, 4) is 17.2 Å². The number of rotatable bonds is 4. The summed E-state index contributed by atoms with van der Waals surface area (Å²) in [5, 5.41) is 0. The topological polar surface area (TPSA) is 44.8 Å². The summed E-state index contributed by atoms with van der Waals surface area (Å²) in [5.41, 5.74) is 2.22. The Morgan fingerprint density at radius 3 is 2.68 bits per heavy atom. The summed E-state index contributed by atoms with van der Waals surface area (Å²) in [5.74, 6) is 3.69. The van der Waals surface area contributed by atoms with E-state index in [0.29, 0.717) is 22.5 Å². The Labute approximate surface area is 155 Å². The molecule has 2 heterocycles.